The van der Waals surface area contributed by atoms with Crippen LogP contribution in [0.3, 0.4) is 0 Å². The Kier molecular flexibility index (Phi) is 5.78. The van der Waals surface area contributed by atoms with Crippen molar-refractivity contribution in [3.8, 4) is 22.5 Å². The number of ether oxygens (including phenoxy) is 1. The number of aromatic nitrogens is 4. The van der Waals surface area contributed by atoms with Crippen LogP contribution < -0.4 is 0 Å². The van der Waals surface area contributed by atoms with Crippen LogP contribution >= 0.6 is 0 Å². The van der Waals surface area contributed by atoms with Crippen LogP contribution in [0.1, 0.15) is 23.0 Å². The highest BCUT2D eigenvalue weighted by atomic mass is 19.4. The molecule has 5 rings (SSSR count). The molecule has 0 atom stereocenters. The van der Waals surface area contributed by atoms with E-state index in [4.69, 9.17) is 4.74 Å². The van der Waals surface area contributed by atoms with Gasteiger partial charge in [-0.2, -0.15) is 13.2 Å². The number of benzene rings is 2. The number of esters is 1. The summed E-state index contributed by atoms with van der Waals surface area (Å²) in [6.45, 7) is 1.36. The molecule has 0 saturated heterocycles. The third-order valence-electron chi connectivity index (χ3n) is 5.57. The maximum Gasteiger partial charge on any atom is 0.434 e. The molecule has 0 N–H and O–H groups in total. The van der Waals surface area contributed by atoms with Crippen molar-refractivity contribution in [2.75, 3.05) is 6.61 Å². The molecule has 0 saturated carbocycles. The molecule has 0 aliphatic rings. The average Bonchev–Trinajstić information content (AvgIpc) is 3.25. The molecule has 12 heteroatoms. The van der Waals surface area contributed by atoms with Gasteiger partial charge < -0.3 is 4.74 Å². The molecule has 0 bridgehead atoms. The number of halogens is 3. The molecular formula is C25H16F3N5O4. The number of carbonyl (C=O) groups is 1. The van der Waals surface area contributed by atoms with Crippen molar-refractivity contribution < 1.29 is 27.6 Å². The minimum absolute atomic E-state index is 0.108. The van der Waals surface area contributed by atoms with E-state index in [2.05, 4.69) is 15.1 Å². The van der Waals surface area contributed by atoms with Crippen LogP contribution in [-0.4, -0.2) is 37.1 Å². The van der Waals surface area contributed by atoms with Crippen molar-refractivity contribution in [1.29, 1.82) is 0 Å². The first kappa shape index (κ1) is 23.9. The van der Waals surface area contributed by atoms with E-state index in [0.29, 0.717) is 22.5 Å². The summed E-state index contributed by atoms with van der Waals surface area (Å²) in [5.41, 5.74) is -0.319. The van der Waals surface area contributed by atoms with Gasteiger partial charge in [-0.05, 0) is 31.2 Å². The Morgan fingerprint density at radius 3 is 2.35 bits per heavy atom. The molecule has 0 radical (unpaired) electrons. The van der Waals surface area contributed by atoms with Gasteiger partial charge in [-0.3, -0.25) is 10.1 Å². The van der Waals surface area contributed by atoms with E-state index >= 15 is 0 Å². The van der Waals surface area contributed by atoms with Gasteiger partial charge in [0.05, 0.1) is 33.9 Å². The Hall–Kier alpha value is -4.87. The minimum atomic E-state index is -4.93. The molecule has 0 aliphatic heterocycles. The lowest BCUT2D eigenvalue weighted by Crippen LogP contribution is -2.17. The fourth-order valence-electron chi connectivity index (χ4n) is 3.91. The second-order valence-electron chi connectivity index (χ2n) is 7.91. The SMILES string of the molecule is CCOC(=O)c1cc2c(nc1C(F)(F)F)nn1c(-c3ccc([N+](=O)[O-])cc3)cc(-c3ccccc3)nc21. The number of hydrogen-bond donors (Lipinski definition) is 0. The number of carbonyl (C=O) groups excluding carboxylic acids is 1. The lowest BCUT2D eigenvalue weighted by atomic mass is 10.1. The topological polar surface area (TPSA) is 113 Å². The summed E-state index contributed by atoms with van der Waals surface area (Å²) in [4.78, 5) is 31.3. The number of nitrogens with zero attached hydrogens (tertiary/aromatic N) is 5. The van der Waals surface area contributed by atoms with Crippen LogP contribution in [0.5, 0.6) is 0 Å². The Labute approximate surface area is 206 Å². The predicted octanol–water partition coefficient (Wildman–Crippen LogP) is 5.72. The minimum Gasteiger partial charge on any atom is -0.462 e. The number of pyridine rings is 1. The lowest BCUT2D eigenvalue weighted by Gasteiger charge is -2.11. The van der Waals surface area contributed by atoms with Crippen molar-refractivity contribution in [1.82, 2.24) is 19.6 Å². The van der Waals surface area contributed by atoms with E-state index in [1.165, 1.54) is 35.7 Å². The molecule has 9 nitrogen and oxygen atoms in total. The number of alkyl halides is 3. The number of nitro groups is 1. The Balaban J connectivity index is 1.84. The van der Waals surface area contributed by atoms with Crippen LogP contribution in [0, 0.1) is 10.1 Å². The van der Waals surface area contributed by atoms with Gasteiger partial charge in [-0.15, -0.1) is 5.10 Å². The van der Waals surface area contributed by atoms with E-state index in [-0.39, 0.29) is 29.0 Å². The van der Waals surface area contributed by atoms with Gasteiger partial charge in [0.1, 0.15) is 0 Å². The summed E-state index contributed by atoms with van der Waals surface area (Å²) in [6.07, 6.45) is -4.93. The molecular weight excluding hydrogens is 491 g/mol. The van der Waals surface area contributed by atoms with Gasteiger partial charge in [0.15, 0.2) is 17.0 Å². The fraction of sp³-hybridized carbons (Fsp3) is 0.120. The number of fused-ring (bicyclic) bond motifs is 3. The lowest BCUT2D eigenvalue weighted by molar-refractivity contribution is -0.384. The largest absolute Gasteiger partial charge is 0.462 e. The highest BCUT2D eigenvalue weighted by molar-refractivity contribution is 5.99. The summed E-state index contributed by atoms with van der Waals surface area (Å²) in [5, 5.41) is 15.5. The second-order valence-corrected chi connectivity index (χ2v) is 7.91. The smallest absolute Gasteiger partial charge is 0.434 e. The molecule has 0 fully saturated rings. The number of nitro benzene ring substituents is 1. The number of hydrogen-bond acceptors (Lipinski definition) is 7. The zero-order valence-electron chi connectivity index (χ0n) is 19.1. The Bertz CT molecular complexity index is 1670. The van der Waals surface area contributed by atoms with Gasteiger partial charge in [0.2, 0.25) is 0 Å². The van der Waals surface area contributed by atoms with Gasteiger partial charge in [-0.1, -0.05) is 30.3 Å². The van der Waals surface area contributed by atoms with Crippen LogP contribution in [0.2, 0.25) is 0 Å². The first-order valence-electron chi connectivity index (χ1n) is 11.0. The molecule has 186 valence electrons. The first-order chi connectivity index (χ1) is 17.7. The molecule has 0 aliphatic carbocycles. The normalized spacial score (nSPS) is 11.7. The highest BCUT2D eigenvalue weighted by Crippen LogP contribution is 2.35. The summed E-state index contributed by atoms with van der Waals surface area (Å²) in [5.74, 6) is -1.17. The van der Waals surface area contributed by atoms with Crippen LogP contribution in [0.15, 0.2) is 66.7 Å². The third kappa shape index (κ3) is 4.33. The van der Waals surface area contributed by atoms with Crippen LogP contribution in [-0.2, 0) is 10.9 Å². The van der Waals surface area contributed by atoms with Gasteiger partial charge in [-0.25, -0.2) is 19.3 Å². The van der Waals surface area contributed by atoms with Gasteiger partial charge in [0, 0.05) is 23.3 Å². The maximum atomic E-state index is 13.8. The predicted molar refractivity (Wildman–Crippen MR) is 127 cm³/mol. The van der Waals surface area contributed by atoms with Crippen molar-refractivity contribution in [2.24, 2.45) is 0 Å². The summed E-state index contributed by atoms with van der Waals surface area (Å²) < 4.78 is 47.5. The highest BCUT2D eigenvalue weighted by Gasteiger charge is 2.39. The zero-order valence-corrected chi connectivity index (χ0v) is 19.1. The number of rotatable bonds is 5. The van der Waals surface area contributed by atoms with Crippen molar-refractivity contribution in [3.05, 3.63) is 88.1 Å². The Morgan fingerprint density at radius 1 is 1.03 bits per heavy atom. The molecule has 2 aromatic carbocycles. The zero-order chi connectivity index (χ0) is 26.3. The van der Waals surface area contributed by atoms with E-state index in [9.17, 15) is 28.1 Å². The molecule has 0 amide bonds. The van der Waals surface area contributed by atoms with E-state index in [1.807, 2.05) is 6.07 Å². The molecule has 37 heavy (non-hydrogen) atoms. The van der Waals surface area contributed by atoms with E-state index in [0.717, 1.165) is 6.07 Å². The van der Waals surface area contributed by atoms with E-state index < -0.39 is 28.3 Å². The van der Waals surface area contributed by atoms with Crippen LogP contribution in [0.25, 0.3) is 39.2 Å². The molecule has 0 unspecified atom stereocenters. The summed E-state index contributed by atoms with van der Waals surface area (Å²) in [6, 6.07) is 17.4. The quantitative estimate of drug-likeness (QED) is 0.170. The van der Waals surface area contributed by atoms with Crippen molar-refractivity contribution in [3.63, 3.8) is 0 Å². The van der Waals surface area contributed by atoms with Gasteiger partial charge in [0.25, 0.3) is 5.69 Å². The number of non-ortho nitro benzene ring substituents is 1. The van der Waals surface area contributed by atoms with Gasteiger partial charge >= 0.3 is 12.1 Å². The Morgan fingerprint density at radius 2 is 1.73 bits per heavy atom. The summed E-state index contributed by atoms with van der Waals surface area (Å²) >= 11 is 0. The monoisotopic (exact) mass is 507 g/mol. The molecule has 0 spiro atoms. The van der Waals surface area contributed by atoms with E-state index in [1.54, 1.807) is 30.3 Å². The standard InChI is InChI=1S/C25H16F3N5O4/c1-2-37-24(34)17-12-18-22(30-21(17)25(26,27)28)31-32-20(15-8-10-16(11-9-15)33(35)36)13-19(29-23(18)32)14-6-4-3-5-7-14/h3-13H,2H2,1H3. The molecule has 5 aromatic rings. The maximum absolute atomic E-state index is 13.8. The molecule has 3 heterocycles. The van der Waals surface area contributed by atoms with Crippen molar-refractivity contribution in [2.45, 2.75) is 13.1 Å². The first-order valence-corrected chi connectivity index (χ1v) is 11.0. The fourth-order valence-corrected chi connectivity index (χ4v) is 3.91. The average molecular weight is 507 g/mol. The second kappa shape index (κ2) is 8.97. The summed E-state index contributed by atoms with van der Waals surface area (Å²) in [7, 11) is 0. The van der Waals surface area contributed by atoms with Crippen LogP contribution in [0.4, 0.5) is 18.9 Å². The molecule has 3 aromatic heterocycles. The van der Waals surface area contributed by atoms with Crippen molar-refractivity contribution >= 4 is 28.3 Å². The third-order valence-corrected chi connectivity index (χ3v) is 5.57.